The van der Waals surface area contributed by atoms with Crippen molar-refractivity contribution in [3.8, 4) is 0 Å². The SMILES string of the molecule is Cc1cc(N2CCC(Cc3ccc(F)cc3C)CC2)c(N)c(C)n1. The molecule has 1 aliphatic rings. The number of rotatable bonds is 3. The zero-order valence-electron chi connectivity index (χ0n) is 14.8. The van der Waals surface area contributed by atoms with Crippen LogP contribution in [0.1, 0.15) is 35.4 Å². The molecule has 3 rings (SSSR count). The molecule has 0 atom stereocenters. The van der Waals surface area contributed by atoms with Crippen LogP contribution < -0.4 is 10.6 Å². The van der Waals surface area contributed by atoms with E-state index in [0.29, 0.717) is 5.92 Å². The summed E-state index contributed by atoms with van der Waals surface area (Å²) in [4.78, 5) is 6.81. The van der Waals surface area contributed by atoms with E-state index in [1.807, 2.05) is 26.8 Å². The van der Waals surface area contributed by atoms with Gasteiger partial charge in [-0.1, -0.05) is 6.07 Å². The molecule has 2 N–H and O–H groups in total. The van der Waals surface area contributed by atoms with Crippen molar-refractivity contribution in [1.29, 1.82) is 0 Å². The van der Waals surface area contributed by atoms with Crippen LogP contribution in [0.2, 0.25) is 0 Å². The van der Waals surface area contributed by atoms with Gasteiger partial charge in [0.2, 0.25) is 0 Å². The molecule has 4 heteroatoms. The monoisotopic (exact) mass is 327 g/mol. The predicted octanol–water partition coefficient (Wildman–Crippen LogP) is 4.19. The number of anilines is 2. The number of aromatic nitrogens is 1. The van der Waals surface area contributed by atoms with Gasteiger partial charge in [0.05, 0.1) is 17.1 Å². The molecule has 24 heavy (non-hydrogen) atoms. The molecule has 0 amide bonds. The van der Waals surface area contributed by atoms with Crippen LogP contribution in [-0.4, -0.2) is 18.1 Å². The van der Waals surface area contributed by atoms with Crippen LogP contribution in [0.25, 0.3) is 0 Å². The standard InChI is InChI=1S/C20H26FN3/c1-13-10-18(21)5-4-17(13)12-16-6-8-24(9-7-16)19-11-14(2)23-15(3)20(19)22/h4-5,10-11,16H,6-9,12,22H2,1-3H3. The smallest absolute Gasteiger partial charge is 0.123 e. The van der Waals surface area contributed by atoms with Gasteiger partial charge in [-0.05, 0) is 75.3 Å². The van der Waals surface area contributed by atoms with Crippen molar-refractivity contribution in [2.45, 2.75) is 40.0 Å². The first-order chi connectivity index (χ1) is 11.4. The van der Waals surface area contributed by atoms with Crippen molar-refractivity contribution in [2.24, 2.45) is 5.92 Å². The third kappa shape index (κ3) is 3.53. The minimum atomic E-state index is -0.148. The summed E-state index contributed by atoms with van der Waals surface area (Å²) in [5, 5.41) is 0. The second-order valence-corrected chi connectivity index (χ2v) is 6.99. The highest BCUT2D eigenvalue weighted by Crippen LogP contribution is 2.31. The summed E-state index contributed by atoms with van der Waals surface area (Å²) >= 11 is 0. The Morgan fingerprint density at radius 1 is 1.17 bits per heavy atom. The number of aryl methyl sites for hydroxylation is 3. The molecular weight excluding hydrogens is 301 g/mol. The van der Waals surface area contributed by atoms with Crippen LogP contribution in [0.15, 0.2) is 24.3 Å². The lowest BCUT2D eigenvalue weighted by Crippen LogP contribution is -2.35. The second-order valence-electron chi connectivity index (χ2n) is 6.99. The lowest BCUT2D eigenvalue weighted by molar-refractivity contribution is 0.403. The van der Waals surface area contributed by atoms with E-state index in [1.165, 1.54) is 5.56 Å². The molecule has 1 aliphatic heterocycles. The van der Waals surface area contributed by atoms with Gasteiger partial charge in [-0.2, -0.15) is 0 Å². The molecule has 0 saturated carbocycles. The Morgan fingerprint density at radius 3 is 2.54 bits per heavy atom. The first-order valence-corrected chi connectivity index (χ1v) is 8.67. The third-order valence-electron chi connectivity index (χ3n) is 5.12. The number of nitrogen functional groups attached to an aromatic ring is 1. The number of benzene rings is 1. The molecule has 0 unspecified atom stereocenters. The summed E-state index contributed by atoms with van der Waals surface area (Å²) < 4.78 is 13.2. The average molecular weight is 327 g/mol. The van der Waals surface area contributed by atoms with Gasteiger partial charge in [0.25, 0.3) is 0 Å². The Bertz CT molecular complexity index is 734. The highest BCUT2D eigenvalue weighted by Gasteiger charge is 2.22. The van der Waals surface area contributed by atoms with Crippen molar-refractivity contribution in [1.82, 2.24) is 4.98 Å². The number of nitrogens with zero attached hydrogens (tertiary/aromatic N) is 2. The summed E-state index contributed by atoms with van der Waals surface area (Å²) in [6.07, 6.45) is 3.30. The summed E-state index contributed by atoms with van der Waals surface area (Å²) in [6.45, 7) is 8.00. The zero-order chi connectivity index (χ0) is 17.3. The van der Waals surface area contributed by atoms with E-state index < -0.39 is 0 Å². The van der Waals surface area contributed by atoms with Crippen LogP contribution >= 0.6 is 0 Å². The number of nitrogens with two attached hydrogens (primary N) is 1. The molecule has 0 radical (unpaired) electrons. The lowest BCUT2D eigenvalue weighted by Gasteiger charge is -2.35. The molecule has 3 nitrogen and oxygen atoms in total. The molecule has 1 fully saturated rings. The third-order valence-corrected chi connectivity index (χ3v) is 5.12. The molecule has 2 aromatic rings. The van der Waals surface area contributed by atoms with Crippen LogP contribution in [-0.2, 0) is 6.42 Å². The van der Waals surface area contributed by atoms with Gasteiger partial charge in [0.1, 0.15) is 5.82 Å². The van der Waals surface area contributed by atoms with E-state index >= 15 is 0 Å². The Morgan fingerprint density at radius 2 is 1.88 bits per heavy atom. The molecule has 1 saturated heterocycles. The van der Waals surface area contributed by atoms with E-state index in [9.17, 15) is 4.39 Å². The van der Waals surface area contributed by atoms with Gasteiger partial charge in [0.15, 0.2) is 0 Å². The fraction of sp³-hybridized carbons (Fsp3) is 0.450. The van der Waals surface area contributed by atoms with E-state index in [4.69, 9.17) is 5.73 Å². The summed E-state index contributed by atoms with van der Waals surface area (Å²) in [6, 6.07) is 7.23. The lowest BCUT2D eigenvalue weighted by atomic mass is 9.88. The van der Waals surface area contributed by atoms with Crippen molar-refractivity contribution in [3.63, 3.8) is 0 Å². The maximum atomic E-state index is 13.2. The Kier molecular flexibility index (Phi) is 4.74. The minimum Gasteiger partial charge on any atom is -0.396 e. The Labute approximate surface area is 143 Å². The summed E-state index contributed by atoms with van der Waals surface area (Å²) in [7, 11) is 0. The average Bonchev–Trinajstić information content (AvgIpc) is 2.54. The van der Waals surface area contributed by atoms with Crippen LogP contribution in [0.4, 0.5) is 15.8 Å². The first kappa shape index (κ1) is 16.7. The number of halogens is 1. The maximum Gasteiger partial charge on any atom is 0.123 e. The molecule has 1 aromatic heterocycles. The molecule has 2 heterocycles. The van der Waals surface area contributed by atoms with Gasteiger partial charge in [-0.25, -0.2) is 4.39 Å². The maximum absolute atomic E-state index is 13.2. The molecule has 0 aliphatic carbocycles. The Hall–Kier alpha value is -2.10. The number of hydrogen-bond donors (Lipinski definition) is 1. The van der Waals surface area contributed by atoms with E-state index in [-0.39, 0.29) is 5.82 Å². The summed E-state index contributed by atoms with van der Waals surface area (Å²) in [5.41, 5.74) is 12.4. The predicted molar refractivity (Wildman–Crippen MR) is 97.9 cm³/mol. The first-order valence-electron chi connectivity index (χ1n) is 8.67. The molecule has 1 aromatic carbocycles. The fourth-order valence-corrected chi connectivity index (χ4v) is 3.66. The van der Waals surface area contributed by atoms with Gasteiger partial charge in [0, 0.05) is 18.8 Å². The van der Waals surface area contributed by atoms with Crippen molar-refractivity contribution < 1.29 is 4.39 Å². The zero-order valence-corrected chi connectivity index (χ0v) is 14.8. The summed E-state index contributed by atoms with van der Waals surface area (Å²) in [5.74, 6) is 0.501. The van der Waals surface area contributed by atoms with Gasteiger partial charge in [-0.15, -0.1) is 0 Å². The molecular formula is C20H26FN3. The van der Waals surface area contributed by atoms with E-state index in [0.717, 1.165) is 60.7 Å². The van der Waals surface area contributed by atoms with Crippen molar-refractivity contribution in [2.75, 3.05) is 23.7 Å². The van der Waals surface area contributed by atoms with Gasteiger partial charge < -0.3 is 10.6 Å². The number of piperidine rings is 1. The second kappa shape index (κ2) is 6.80. The minimum absolute atomic E-state index is 0.148. The van der Waals surface area contributed by atoms with E-state index in [2.05, 4.69) is 16.0 Å². The highest BCUT2D eigenvalue weighted by molar-refractivity contribution is 5.70. The molecule has 0 spiro atoms. The van der Waals surface area contributed by atoms with Crippen LogP contribution in [0.3, 0.4) is 0 Å². The topological polar surface area (TPSA) is 42.1 Å². The van der Waals surface area contributed by atoms with Crippen molar-refractivity contribution in [3.05, 3.63) is 52.6 Å². The Balaban J connectivity index is 1.66. The fourth-order valence-electron chi connectivity index (χ4n) is 3.66. The quantitative estimate of drug-likeness (QED) is 0.919. The normalized spacial score (nSPS) is 15.8. The molecule has 128 valence electrons. The van der Waals surface area contributed by atoms with Gasteiger partial charge >= 0.3 is 0 Å². The highest BCUT2D eigenvalue weighted by atomic mass is 19.1. The largest absolute Gasteiger partial charge is 0.396 e. The van der Waals surface area contributed by atoms with Crippen molar-refractivity contribution >= 4 is 11.4 Å². The number of hydrogen-bond acceptors (Lipinski definition) is 3. The number of pyridine rings is 1. The molecule has 0 bridgehead atoms. The van der Waals surface area contributed by atoms with Crippen LogP contribution in [0.5, 0.6) is 0 Å². The van der Waals surface area contributed by atoms with E-state index in [1.54, 1.807) is 12.1 Å². The van der Waals surface area contributed by atoms with Gasteiger partial charge in [-0.3, -0.25) is 4.98 Å². The van der Waals surface area contributed by atoms with Crippen LogP contribution in [0, 0.1) is 32.5 Å².